The predicted octanol–water partition coefficient (Wildman–Crippen LogP) is 1.26. The van der Waals surface area contributed by atoms with E-state index in [-0.39, 0.29) is 29.9 Å². The highest BCUT2D eigenvalue weighted by molar-refractivity contribution is 14.0. The number of guanidine groups is 1. The molecule has 0 aromatic heterocycles. The molecule has 2 atom stereocenters. The largest absolute Gasteiger partial charge is 0.357 e. The van der Waals surface area contributed by atoms with E-state index in [9.17, 15) is 4.79 Å². The van der Waals surface area contributed by atoms with Gasteiger partial charge in [-0.1, -0.05) is 6.92 Å². The Morgan fingerprint density at radius 2 is 2.04 bits per heavy atom. The fourth-order valence-corrected chi connectivity index (χ4v) is 3.25. The van der Waals surface area contributed by atoms with Gasteiger partial charge in [-0.25, -0.2) is 0 Å². The third kappa shape index (κ3) is 6.10. The van der Waals surface area contributed by atoms with Crippen molar-refractivity contribution >= 4 is 35.8 Å². The molecule has 0 radical (unpaired) electrons. The minimum absolute atomic E-state index is 0. The van der Waals surface area contributed by atoms with Gasteiger partial charge in [0.05, 0.1) is 6.54 Å². The lowest BCUT2D eigenvalue weighted by molar-refractivity contribution is -0.129. The monoisotopic (exact) mass is 437 g/mol. The first-order valence-corrected chi connectivity index (χ1v) is 8.66. The molecule has 7 heteroatoms. The maximum absolute atomic E-state index is 11.8. The van der Waals surface area contributed by atoms with Crippen LogP contribution in [-0.4, -0.2) is 73.5 Å². The molecule has 0 aromatic carbocycles. The predicted molar refractivity (Wildman–Crippen MR) is 105 cm³/mol. The van der Waals surface area contributed by atoms with E-state index in [1.165, 1.54) is 19.4 Å². The number of carbonyl (C=O) groups excluding carboxylic acids is 1. The van der Waals surface area contributed by atoms with Crippen molar-refractivity contribution in [3.63, 3.8) is 0 Å². The van der Waals surface area contributed by atoms with Gasteiger partial charge in [0.2, 0.25) is 5.91 Å². The Bertz CT molecular complexity index is 404. The van der Waals surface area contributed by atoms with E-state index < -0.39 is 0 Å². The van der Waals surface area contributed by atoms with Gasteiger partial charge in [-0.3, -0.25) is 9.79 Å². The van der Waals surface area contributed by atoms with E-state index in [4.69, 9.17) is 4.99 Å². The summed E-state index contributed by atoms with van der Waals surface area (Å²) >= 11 is 0. The number of carbonyl (C=O) groups is 1. The van der Waals surface area contributed by atoms with Gasteiger partial charge >= 0.3 is 0 Å². The number of likely N-dealkylation sites (N-methyl/N-ethyl adjacent to an activating group) is 1. The van der Waals surface area contributed by atoms with Crippen molar-refractivity contribution in [1.29, 1.82) is 0 Å². The smallest absolute Gasteiger partial charge is 0.222 e. The van der Waals surface area contributed by atoms with Gasteiger partial charge in [-0.15, -0.1) is 24.0 Å². The highest BCUT2D eigenvalue weighted by atomic mass is 127. The molecule has 2 unspecified atom stereocenters. The van der Waals surface area contributed by atoms with Crippen LogP contribution in [0.4, 0.5) is 0 Å². The van der Waals surface area contributed by atoms with Crippen LogP contribution in [0.25, 0.3) is 0 Å². The van der Waals surface area contributed by atoms with E-state index in [0.29, 0.717) is 18.5 Å². The van der Waals surface area contributed by atoms with Crippen LogP contribution in [0.15, 0.2) is 4.99 Å². The zero-order chi connectivity index (χ0) is 15.9. The highest BCUT2D eigenvalue weighted by Crippen LogP contribution is 2.15. The minimum Gasteiger partial charge on any atom is -0.357 e. The molecule has 0 aliphatic carbocycles. The van der Waals surface area contributed by atoms with Crippen molar-refractivity contribution < 1.29 is 4.79 Å². The Labute approximate surface area is 157 Å². The van der Waals surface area contributed by atoms with E-state index in [1.54, 1.807) is 0 Å². The molecule has 0 bridgehead atoms. The van der Waals surface area contributed by atoms with Gasteiger partial charge in [-0.05, 0) is 39.8 Å². The van der Waals surface area contributed by atoms with Gasteiger partial charge in [0, 0.05) is 38.1 Å². The summed E-state index contributed by atoms with van der Waals surface area (Å²) < 4.78 is 0. The fourth-order valence-electron chi connectivity index (χ4n) is 3.25. The molecule has 2 heterocycles. The van der Waals surface area contributed by atoms with E-state index in [0.717, 1.165) is 38.6 Å². The number of nitrogens with one attached hydrogen (secondary N) is 2. The Morgan fingerprint density at radius 3 is 2.65 bits per heavy atom. The summed E-state index contributed by atoms with van der Waals surface area (Å²) in [4.78, 5) is 20.8. The molecule has 134 valence electrons. The second-order valence-corrected chi connectivity index (χ2v) is 6.32. The van der Waals surface area contributed by atoms with Crippen LogP contribution in [0.2, 0.25) is 0 Å². The molecule has 2 aliphatic heterocycles. The zero-order valence-electron chi connectivity index (χ0n) is 14.7. The van der Waals surface area contributed by atoms with Crippen LogP contribution in [0, 0.1) is 0 Å². The van der Waals surface area contributed by atoms with Crippen molar-refractivity contribution in [2.75, 3.05) is 39.8 Å². The molecule has 2 N–H and O–H groups in total. The number of hydrogen-bond acceptors (Lipinski definition) is 3. The molecular formula is C16H32IN5O. The SMILES string of the molecule is CCNC(=NCC1CCCN1C)NC1CCN(C(=O)CC)C1.I. The van der Waals surface area contributed by atoms with Gasteiger partial charge in [-0.2, -0.15) is 0 Å². The summed E-state index contributed by atoms with van der Waals surface area (Å²) in [6.07, 6.45) is 4.10. The van der Waals surface area contributed by atoms with Gasteiger partial charge < -0.3 is 20.4 Å². The van der Waals surface area contributed by atoms with Crippen molar-refractivity contribution in [2.24, 2.45) is 4.99 Å². The molecule has 1 amide bonds. The molecule has 0 spiro atoms. The highest BCUT2D eigenvalue weighted by Gasteiger charge is 2.26. The van der Waals surface area contributed by atoms with Crippen LogP contribution >= 0.6 is 24.0 Å². The lowest BCUT2D eigenvalue weighted by Crippen LogP contribution is -2.45. The quantitative estimate of drug-likeness (QED) is 0.387. The molecule has 2 rings (SSSR count). The first-order valence-electron chi connectivity index (χ1n) is 8.66. The van der Waals surface area contributed by atoms with Crippen molar-refractivity contribution in [3.8, 4) is 0 Å². The average Bonchev–Trinajstić information content (AvgIpc) is 3.13. The average molecular weight is 437 g/mol. The summed E-state index contributed by atoms with van der Waals surface area (Å²) in [5.74, 6) is 1.14. The summed E-state index contributed by atoms with van der Waals surface area (Å²) in [6, 6.07) is 0.881. The molecule has 2 fully saturated rings. The van der Waals surface area contributed by atoms with Crippen LogP contribution in [0.1, 0.15) is 39.5 Å². The zero-order valence-corrected chi connectivity index (χ0v) is 17.0. The van der Waals surface area contributed by atoms with Gasteiger partial charge in [0.1, 0.15) is 0 Å². The third-order valence-electron chi connectivity index (χ3n) is 4.66. The maximum atomic E-state index is 11.8. The number of likely N-dealkylation sites (tertiary alicyclic amines) is 2. The number of rotatable bonds is 5. The lowest BCUT2D eigenvalue weighted by atomic mass is 10.2. The van der Waals surface area contributed by atoms with E-state index >= 15 is 0 Å². The molecule has 23 heavy (non-hydrogen) atoms. The normalized spacial score (nSPS) is 25.3. The Kier molecular flexibility index (Phi) is 9.19. The van der Waals surface area contributed by atoms with Crippen molar-refractivity contribution in [2.45, 2.75) is 51.6 Å². The second-order valence-electron chi connectivity index (χ2n) is 6.32. The topological polar surface area (TPSA) is 60.0 Å². The van der Waals surface area contributed by atoms with Crippen LogP contribution < -0.4 is 10.6 Å². The summed E-state index contributed by atoms with van der Waals surface area (Å²) in [7, 11) is 2.18. The maximum Gasteiger partial charge on any atom is 0.222 e. The number of halogens is 1. The van der Waals surface area contributed by atoms with Gasteiger partial charge in [0.15, 0.2) is 5.96 Å². The number of amides is 1. The molecule has 2 aliphatic rings. The second kappa shape index (κ2) is 10.3. The fraction of sp³-hybridized carbons (Fsp3) is 0.875. The molecule has 0 aromatic rings. The number of hydrogen-bond donors (Lipinski definition) is 2. The summed E-state index contributed by atoms with van der Waals surface area (Å²) in [6.45, 7) is 8.54. The summed E-state index contributed by atoms with van der Waals surface area (Å²) in [5, 5.41) is 6.81. The Hall–Kier alpha value is -0.570. The number of aliphatic imine (C=N–C) groups is 1. The number of nitrogens with zero attached hydrogens (tertiary/aromatic N) is 3. The minimum atomic E-state index is 0. The Morgan fingerprint density at radius 1 is 1.26 bits per heavy atom. The van der Waals surface area contributed by atoms with Crippen LogP contribution in [0.5, 0.6) is 0 Å². The Balaban J connectivity index is 0.00000264. The molecule has 0 saturated carbocycles. The first-order chi connectivity index (χ1) is 10.6. The molecule has 2 saturated heterocycles. The first kappa shape index (κ1) is 20.5. The molecule has 6 nitrogen and oxygen atoms in total. The summed E-state index contributed by atoms with van der Waals surface area (Å²) in [5.41, 5.74) is 0. The molecular weight excluding hydrogens is 405 g/mol. The van der Waals surface area contributed by atoms with Crippen LogP contribution in [0.3, 0.4) is 0 Å². The van der Waals surface area contributed by atoms with Crippen molar-refractivity contribution in [3.05, 3.63) is 0 Å². The van der Waals surface area contributed by atoms with E-state index in [1.807, 2.05) is 11.8 Å². The lowest BCUT2D eigenvalue weighted by Gasteiger charge is -2.21. The van der Waals surface area contributed by atoms with Gasteiger partial charge in [0.25, 0.3) is 0 Å². The third-order valence-corrected chi connectivity index (χ3v) is 4.66. The van der Waals surface area contributed by atoms with E-state index in [2.05, 4.69) is 29.5 Å². The van der Waals surface area contributed by atoms with Crippen LogP contribution in [-0.2, 0) is 4.79 Å². The standard InChI is InChI=1S/C16H31N5O.HI/c1-4-15(22)21-10-8-13(12-21)19-16(17-5-2)18-11-14-7-6-9-20(14)3;/h13-14H,4-12H2,1-3H3,(H2,17,18,19);1H. The van der Waals surface area contributed by atoms with Crippen molar-refractivity contribution in [1.82, 2.24) is 20.4 Å².